The van der Waals surface area contributed by atoms with Crippen LogP contribution in [0.4, 0.5) is 4.39 Å². The summed E-state index contributed by atoms with van der Waals surface area (Å²) in [5.74, 6) is -0.188. The summed E-state index contributed by atoms with van der Waals surface area (Å²) >= 11 is 0. The monoisotopic (exact) mass is 244 g/mol. The lowest BCUT2D eigenvalue weighted by molar-refractivity contribution is 0.566. The predicted molar refractivity (Wildman–Crippen MR) is 70.6 cm³/mol. The molecular weight excluding hydrogens is 227 g/mol. The van der Waals surface area contributed by atoms with Crippen molar-refractivity contribution in [3.05, 3.63) is 65.2 Å². The SMILES string of the molecule is Cc1ccc(F)cc1CN[C@H](C)c1cccnc1. The maximum atomic E-state index is 13.2. The number of hydrogen-bond acceptors (Lipinski definition) is 2. The molecule has 1 aromatic heterocycles. The first kappa shape index (κ1) is 12.7. The van der Waals surface area contributed by atoms with Crippen LogP contribution in [-0.2, 0) is 6.54 Å². The summed E-state index contributed by atoms with van der Waals surface area (Å²) in [5.41, 5.74) is 3.22. The Morgan fingerprint density at radius 2 is 2.17 bits per heavy atom. The van der Waals surface area contributed by atoms with Crippen LogP contribution in [0.25, 0.3) is 0 Å². The fourth-order valence-electron chi connectivity index (χ4n) is 1.84. The number of halogens is 1. The quantitative estimate of drug-likeness (QED) is 0.891. The van der Waals surface area contributed by atoms with Crippen LogP contribution >= 0.6 is 0 Å². The number of pyridine rings is 1. The molecule has 0 saturated heterocycles. The highest BCUT2D eigenvalue weighted by atomic mass is 19.1. The zero-order valence-electron chi connectivity index (χ0n) is 10.7. The summed E-state index contributed by atoms with van der Waals surface area (Å²) in [6, 6.07) is 9.02. The molecule has 0 bridgehead atoms. The number of hydrogen-bond donors (Lipinski definition) is 1. The second-order valence-corrected chi connectivity index (χ2v) is 4.46. The number of nitrogens with zero attached hydrogens (tertiary/aromatic N) is 1. The van der Waals surface area contributed by atoms with E-state index in [2.05, 4.69) is 17.2 Å². The molecule has 1 atom stereocenters. The molecule has 2 aromatic rings. The highest BCUT2D eigenvalue weighted by Crippen LogP contribution is 2.14. The van der Waals surface area contributed by atoms with Gasteiger partial charge in [-0.15, -0.1) is 0 Å². The molecule has 3 heteroatoms. The van der Waals surface area contributed by atoms with E-state index in [4.69, 9.17) is 0 Å². The van der Waals surface area contributed by atoms with E-state index in [9.17, 15) is 4.39 Å². The summed E-state index contributed by atoms with van der Waals surface area (Å²) < 4.78 is 13.2. The van der Waals surface area contributed by atoms with Crippen molar-refractivity contribution < 1.29 is 4.39 Å². The molecule has 0 amide bonds. The molecule has 94 valence electrons. The van der Waals surface area contributed by atoms with Crippen LogP contribution in [0.5, 0.6) is 0 Å². The van der Waals surface area contributed by atoms with E-state index in [1.165, 1.54) is 6.07 Å². The molecule has 0 aliphatic heterocycles. The van der Waals surface area contributed by atoms with Crippen molar-refractivity contribution in [2.45, 2.75) is 26.4 Å². The molecule has 0 fully saturated rings. The van der Waals surface area contributed by atoms with Gasteiger partial charge in [-0.25, -0.2) is 4.39 Å². The van der Waals surface area contributed by atoms with E-state index in [1.54, 1.807) is 18.3 Å². The second-order valence-electron chi connectivity index (χ2n) is 4.46. The van der Waals surface area contributed by atoms with E-state index in [0.717, 1.165) is 16.7 Å². The van der Waals surface area contributed by atoms with Crippen LogP contribution in [0, 0.1) is 12.7 Å². The number of benzene rings is 1. The molecule has 0 aliphatic rings. The van der Waals surface area contributed by atoms with Crippen molar-refractivity contribution in [2.24, 2.45) is 0 Å². The standard InChI is InChI=1S/C15H17FN2/c1-11-5-6-15(16)8-14(11)10-18-12(2)13-4-3-7-17-9-13/h3-9,12,18H,10H2,1-2H3/t12-/m1/s1. The van der Waals surface area contributed by atoms with Crippen molar-refractivity contribution in [1.29, 1.82) is 0 Å². The summed E-state index contributed by atoms with van der Waals surface area (Å²) in [4.78, 5) is 4.09. The molecule has 0 radical (unpaired) electrons. The Morgan fingerprint density at radius 1 is 1.33 bits per heavy atom. The first-order valence-electron chi connectivity index (χ1n) is 6.05. The lowest BCUT2D eigenvalue weighted by Gasteiger charge is -2.15. The van der Waals surface area contributed by atoms with Crippen molar-refractivity contribution >= 4 is 0 Å². The number of nitrogens with one attached hydrogen (secondary N) is 1. The van der Waals surface area contributed by atoms with Gasteiger partial charge in [0.2, 0.25) is 0 Å². The van der Waals surface area contributed by atoms with Gasteiger partial charge in [0.05, 0.1) is 0 Å². The van der Waals surface area contributed by atoms with Gasteiger partial charge < -0.3 is 5.32 Å². The third kappa shape index (κ3) is 3.14. The van der Waals surface area contributed by atoms with Gasteiger partial charge in [-0.3, -0.25) is 4.98 Å². The van der Waals surface area contributed by atoms with Crippen molar-refractivity contribution in [3.8, 4) is 0 Å². The lowest BCUT2D eigenvalue weighted by atomic mass is 10.1. The van der Waals surface area contributed by atoms with E-state index in [0.29, 0.717) is 6.54 Å². The third-order valence-electron chi connectivity index (χ3n) is 3.09. The van der Waals surface area contributed by atoms with Gasteiger partial charge >= 0.3 is 0 Å². The Bertz CT molecular complexity index is 511. The van der Waals surface area contributed by atoms with E-state index < -0.39 is 0 Å². The summed E-state index contributed by atoms with van der Waals surface area (Å²) in [6.45, 7) is 4.72. The molecule has 1 N–H and O–H groups in total. The normalized spacial score (nSPS) is 12.4. The molecule has 0 spiro atoms. The van der Waals surface area contributed by atoms with Gasteiger partial charge in [-0.2, -0.15) is 0 Å². The molecular formula is C15H17FN2. The maximum Gasteiger partial charge on any atom is 0.123 e. The molecule has 0 saturated carbocycles. The molecule has 1 aromatic carbocycles. The van der Waals surface area contributed by atoms with Gasteiger partial charge in [0.25, 0.3) is 0 Å². The Kier molecular flexibility index (Phi) is 4.05. The van der Waals surface area contributed by atoms with Crippen molar-refractivity contribution in [3.63, 3.8) is 0 Å². The predicted octanol–water partition coefficient (Wildman–Crippen LogP) is 3.38. The van der Waals surface area contributed by atoms with Crippen LogP contribution in [0.2, 0.25) is 0 Å². The highest BCUT2D eigenvalue weighted by molar-refractivity contribution is 5.26. The molecule has 18 heavy (non-hydrogen) atoms. The Labute approximate surface area is 107 Å². The van der Waals surface area contributed by atoms with Gasteiger partial charge in [-0.1, -0.05) is 12.1 Å². The van der Waals surface area contributed by atoms with Gasteiger partial charge in [0.15, 0.2) is 0 Å². The minimum absolute atomic E-state index is 0.188. The first-order valence-corrected chi connectivity index (χ1v) is 6.05. The zero-order valence-corrected chi connectivity index (χ0v) is 10.7. The van der Waals surface area contributed by atoms with Crippen LogP contribution in [0.15, 0.2) is 42.7 Å². The third-order valence-corrected chi connectivity index (χ3v) is 3.09. The smallest absolute Gasteiger partial charge is 0.123 e. The molecule has 2 nitrogen and oxygen atoms in total. The Morgan fingerprint density at radius 3 is 2.89 bits per heavy atom. The van der Waals surface area contributed by atoms with Crippen molar-refractivity contribution in [2.75, 3.05) is 0 Å². The molecule has 0 aliphatic carbocycles. The number of rotatable bonds is 4. The summed E-state index contributed by atoms with van der Waals surface area (Å²) in [7, 11) is 0. The largest absolute Gasteiger partial charge is 0.306 e. The fourth-order valence-corrected chi connectivity index (χ4v) is 1.84. The van der Waals surface area contributed by atoms with E-state index in [1.807, 2.05) is 25.3 Å². The molecule has 2 rings (SSSR count). The minimum Gasteiger partial charge on any atom is -0.306 e. The van der Waals surface area contributed by atoms with Crippen molar-refractivity contribution in [1.82, 2.24) is 10.3 Å². The molecule has 0 unspecified atom stereocenters. The lowest BCUT2D eigenvalue weighted by Crippen LogP contribution is -2.18. The first-order chi connectivity index (χ1) is 8.66. The Hall–Kier alpha value is -1.74. The fraction of sp³-hybridized carbons (Fsp3) is 0.267. The van der Waals surface area contributed by atoms with Gasteiger partial charge in [0, 0.05) is 25.0 Å². The summed E-state index contributed by atoms with van der Waals surface area (Å²) in [5, 5.41) is 3.38. The van der Waals surface area contributed by atoms with Gasteiger partial charge in [-0.05, 0) is 48.7 Å². The summed E-state index contributed by atoms with van der Waals surface area (Å²) in [6.07, 6.45) is 3.60. The average Bonchev–Trinajstić information content (AvgIpc) is 2.40. The van der Waals surface area contributed by atoms with Crippen LogP contribution in [0.3, 0.4) is 0 Å². The maximum absolute atomic E-state index is 13.2. The Balaban J connectivity index is 2.01. The second kappa shape index (κ2) is 5.74. The van der Waals surface area contributed by atoms with Crippen LogP contribution in [0.1, 0.15) is 29.7 Å². The van der Waals surface area contributed by atoms with E-state index in [-0.39, 0.29) is 11.9 Å². The average molecular weight is 244 g/mol. The van der Waals surface area contributed by atoms with Crippen LogP contribution < -0.4 is 5.32 Å². The van der Waals surface area contributed by atoms with Gasteiger partial charge in [0.1, 0.15) is 5.82 Å². The number of aromatic nitrogens is 1. The topological polar surface area (TPSA) is 24.9 Å². The highest BCUT2D eigenvalue weighted by Gasteiger charge is 2.06. The minimum atomic E-state index is -0.188. The number of aryl methyl sites for hydroxylation is 1. The van der Waals surface area contributed by atoms with Crippen LogP contribution in [-0.4, -0.2) is 4.98 Å². The zero-order chi connectivity index (χ0) is 13.0. The molecule has 1 heterocycles. The van der Waals surface area contributed by atoms with E-state index >= 15 is 0 Å².